The highest BCUT2D eigenvalue weighted by Gasteiger charge is 2.38. The van der Waals surface area contributed by atoms with E-state index < -0.39 is 59.7 Å². The maximum Gasteiger partial charge on any atom is 0.408 e. The van der Waals surface area contributed by atoms with Gasteiger partial charge in [0.15, 0.2) is 0 Å². The topological polar surface area (TPSA) is 196 Å². The number of aliphatic hydroxyl groups excluding tert-OH is 1. The molecule has 302 valence electrons. The van der Waals surface area contributed by atoms with E-state index in [1.165, 1.54) is 0 Å². The summed E-state index contributed by atoms with van der Waals surface area (Å²) in [6.07, 6.45) is -2.13. The first-order valence-electron chi connectivity index (χ1n) is 18.9. The summed E-state index contributed by atoms with van der Waals surface area (Å²) >= 11 is 0. The van der Waals surface area contributed by atoms with Gasteiger partial charge in [-0.25, -0.2) is 9.78 Å². The number of carbonyl (C=O) groups is 4. The number of methoxy groups -OCH3 is 1. The van der Waals surface area contributed by atoms with Gasteiger partial charge in [-0.15, -0.1) is 0 Å². The van der Waals surface area contributed by atoms with Crippen molar-refractivity contribution in [1.29, 1.82) is 0 Å². The van der Waals surface area contributed by atoms with Crippen molar-refractivity contribution in [3.63, 3.8) is 0 Å². The molecule has 4 rings (SSSR count). The van der Waals surface area contributed by atoms with Crippen LogP contribution < -0.4 is 31.3 Å². The summed E-state index contributed by atoms with van der Waals surface area (Å²) in [5.74, 6) is -1.12. The lowest BCUT2D eigenvalue weighted by Gasteiger charge is -2.34. The Balaban J connectivity index is 1.61. The van der Waals surface area contributed by atoms with Crippen molar-refractivity contribution in [2.24, 2.45) is 11.8 Å². The normalized spacial score (nSPS) is 14.3. The van der Waals surface area contributed by atoms with E-state index in [4.69, 9.17) is 9.47 Å². The predicted molar refractivity (Wildman–Crippen MR) is 214 cm³/mol. The van der Waals surface area contributed by atoms with Gasteiger partial charge in [0.1, 0.15) is 35.3 Å². The number of aliphatic hydroxyl groups is 1. The van der Waals surface area contributed by atoms with Crippen LogP contribution in [-0.4, -0.2) is 81.9 Å². The lowest BCUT2D eigenvalue weighted by molar-refractivity contribution is -0.134. The van der Waals surface area contributed by atoms with E-state index in [9.17, 15) is 24.3 Å². The van der Waals surface area contributed by atoms with Crippen LogP contribution in [0.25, 0.3) is 11.0 Å². The molecule has 0 radical (unpaired) electrons. The minimum Gasteiger partial charge on any atom is -0.497 e. The van der Waals surface area contributed by atoms with Crippen LogP contribution in [0.4, 0.5) is 4.79 Å². The predicted octanol–water partition coefficient (Wildman–Crippen LogP) is 4.12. The number of benzene rings is 3. The third-order valence-corrected chi connectivity index (χ3v) is 9.08. The molecule has 3 aromatic carbocycles. The van der Waals surface area contributed by atoms with Gasteiger partial charge in [0, 0.05) is 6.54 Å². The van der Waals surface area contributed by atoms with Crippen molar-refractivity contribution in [2.45, 2.75) is 104 Å². The maximum atomic E-state index is 14.3. The highest BCUT2D eigenvalue weighted by atomic mass is 16.6. The number of fused-ring (bicyclic) bond motifs is 1. The zero-order valence-electron chi connectivity index (χ0n) is 33.5. The molecule has 4 amide bonds. The number of nitrogens with one attached hydrogen (secondary N) is 6. The summed E-state index contributed by atoms with van der Waals surface area (Å²) < 4.78 is 10.7. The van der Waals surface area contributed by atoms with E-state index in [1.807, 2.05) is 80.6 Å². The number of amides is 4. The number of hydrogen-bond acceptors (Lipinski definition) is 9. The molecule has 0 bridgehead atoms. The molecule has 0 saturated heterocycles. The smallest absolute Gasteiger partial charge is 0.408 e. The summed E-state index contributed by atoms with van der Waals surface area (Å²) in [7, 11) is 1.57. The SMILES string of the molecule is COc1ccc(CN[C@@H](C(=O)N[C@H](C(=O)NCc2nc3ccccc3[nH]2)C(C)C)[C@H](O)[C@H](Cc2ccccc2)NC(=O)[C@@H](NC(=O)OC(C)(C)C)C(C)C)cc1. The average Bonchev–Trinajstić information content (AvgIpc) is 3.57. The van der Waals surface area contributed by atoms with E-state index in [1.54, 1.807) is 53.9 Å². The third kappa shape index (κ3) is 12.8. The Morgan fingerprint density at radius 1 is 0.732 bits per heavy atom. The summed E-state index contributed by atoms with van der Waals surface area (Å²) in [4.78, 5) is 62.4. The van der Waals surface area contributed by atoms with Crippen LogP contribution in [0, 0.1) is 11.8 Å². The van der Waals surface area contributed by atoms with Crippen molar-refractivity contribution >= 4 is 34.8 Å². The van der Waals surface area contributed by atoms with Gasteiger partial charge >= 0.3 is 6.09 Å². The van der Waals surface area contributed by atoms with Crippen LogP contribution >= 0.6 is 0 Å². The molecule has 1 aromatic heterocycles. The minimum absolute atomic E-state index is 0.105. The molecule has 0 aliphatic heterocycles. The average molecular weight is 772 g/mol. The first kappa shape index (κ1) is 43.3. The maximum absolute atomic E-state index is 14.3. The summed E-state index contributed by atoms with van der Waals surface area (Å²) in [6.45, 7) is 12.6. The molecule has 14 heteroatoms. The molecule has 14 nitrogen and oxygen atoms in total. The fraction of sp³-hybridized carbons (Fsp3) is 0.452. The third-order valence-electron chi connectivity index (χ3n) is 9.08. The molecule has 0 fully saturated rings. The van der Waals surface area contributed by atoms with E-state index >= 15 is 0 Å². The number of carbonyl (C=O) groups excluding carboxylic acids is 4. The Morgan fingerprint density at radius 2 is 1.34 bits per heavy atom. The number of hydrogen-bond donors (Lipinski definition) is 7. The van der Waals surface area contributed by atoms with Crippen LogP contribution in [0.1, 0.15) is 65.4 Å². The Hall–Kier alpha value is -5.47. The summed E-state index contributed by atoms with van der Waals surface area (Å²) in [5.41, 5.74) is 2.40. The van der Waals surface area contributed by atoms with E-state index in [-0.39, 0.29) is 31.3 Å². The van der Waals surface area contributed by atoms with E-state index in [0.717, 1.165) is 22.2 Å². The highest BCUT2D eigenvalue weighted by molar-refractivity contribution is 5.91. The molecule has 7 N–H and O–H groups in total. The molecular formula is C42H57N7O7. The molecule has 0 saturated carbocycles. The molecule has 1 heterocycles. The van der Waals surface area contributed by atoms with E-state index in [0.29, 0.717) is 11.6 Å². The number of rotatable bonds is 18. The van der Waals surface area contributed by atoms with Crippen LogP contribution in [0.15, 0.2) is 78.9 Å². The van der Waals surface area contributed by atoms with Crippen LogP contribution in [0.2, 0.25) is 0 Å². The van der Waals surface area contributed by atoms with Crippen LogP contribution in [-0.2, 0) is 38.6 Å². The van der Waals surface area contributed by atoms with Gasteiger partial charge in [-0.2, -0.15) is 0 Å². The van der Waals surface area contributed by atoms with Gasteiger partial charge in [0.2, 0.25) is 17.7 Å². The zero-order chi connectivity index (χ0) is 41.0. The number of H-pyrrole nitrogens is 1. The van der Waals surface area contributed by atoms with Gasteiger partial charge in [-0.3, -0.25) is 19.7 Å². The second kappa shape index (κ2) is 19.9. The molecule has 5 atom stereocenters. The van der Waals surface area contributed by atoms with Crippen molar-refractivity contribution in [3.05, 3.63) is 95.8 Å². The van der Waals surface area contributed by atoms with Gasteiger partial charge in [0.25, 0.3) is 0 Å². The van der Waals surface area contributed by atoms with Crippen LogP contribution in [0.3, 0.4) is 0 Å². The Labute approximate surface area is 328 Å². The standard InChI is InChI=1S/C42H57N7O7/c1-25(2)34(38(51)44-24-33-45-30-16-12-13-17-31(30)46-33)48-40(53)36(43-23-28-18-20-29(55-8)21-19-28)37(50)32(22-27-14-10-9-11-15-27)47-39(52)35(26(3)4)49-41(54)56-42(5,6)7/h9-21,25-26,32,34-37,43,50H,22-24H2,1-8H3,(H,44,51)(H,45,46)(H,47,52)(H,48,53)(H,49,54)/t32-,34-,35-,36+,37+/m0/s1. The molecular weight excluding hydrogens is 715 g/mol. The molecule has 0 aliphatic carbocycles. The highest BCUT2D eigenvalue weighted by Crippen LogP contribution is 2.16. The fourth-order valence-electron chi connectivity index (χ4n) is 6.09. The van der Waals surface area contributed by atoms with E-state index in [2.05, 4.69) is 36.6 Å². The monoisotopic (exact) mass is 771 g/mol. The number of alkyl carbamates (subject to hydrolysis) is 1. The van der Waals surface area contributed by atoms with Crippen LogP contribution in [0.5, 0.6) is 5.75 Å². The Morgan fingerprint density at radius 3 is 1.95 bits per heavy atom. The lowest BCUT2D eigenvalue weighted by atomic mass is 9.93. The number of imidazole rings is 1. The fourth-order valence-corrected chi connectivity index (χ4v) is 6.09. The van der Waals surface area contributed by atoms with Crippen molar-refractivity contribution in [3.8, 4) is 5.75 Å². The number of para-hydroxylation sites is 2. The quantitative estimate of drug-likeness (QED) is 0.0779. The molecule has 0 spiro atoms. The zero-order valence-corrected chi connectivity index (χ0v) is 33.5. The van der Waals surface area contributed by atoms with Crippen molar-refractivity contribution < 1.29 is 33.8 Å². The Bertz CT molecular complexity index is 1860. The van der Waals surface area contributed by atoms with Gasteiger partial charge in [-0.05, 0) is 74.4 Å². The molecule has 0 unspecified atom stereocenters. The summed E-state index contributed by atoms with van der Waals surface area (Å²) in [6, 6.07) is 19.7. The first-order chi connectivity index (χ1) is 26.5. The number of ether oxygens (including phenoxy) is 2. The lowest BCUT2D eigenvalue weighted by Crippen LogP contribution is -2.63. The van der Waals surface area contributed by atoms with Gasteiger partial charge in [-0.1, -0.05) is 82.3 Å². The second-order valence-electron chi connectivity index (χ2n) is 15.5. The molecule has 4 aromatic rings. The largest absolute Gasteiger partial charge is 0.497 e. The molecule has 56 heavy (non-hydrogen) atoms. The number of nitrogens with zero attached hydrogens (tertiary/aromatic N) is 1. The van der Waals surface area contributed by atoms with Gasteiger partial charge in [0.05, 0.1) is 36.8 Å². The Kier molecular flexibility index (Phi) is 15.4. The van der Waals surface area contributed by atoms with Gasteiger partial charge < -0.3 is 40.8 Å². The number of aromatic nitrogens is 2. The van der Waals surface area contributed by atoms with Crippen molar-refractivity contribution in [2.75, 3.05) is 7.11 Å². The summed E-state index contributed by atoms with van der Waals surface area (Å²) in [5, 5.41) is 26.7. The van der Waals surface area contributed by atoms with Crippen molar-refractivity contribution in [1.82, 2.24) is 36.6 Å². The second-order valence-corrected chi connectivity index (χ2v) is 15.5. The first-order valence-corrected chi connectivity index (χ1v) is 18.9. The minimum atomic E-state index is -1.52. The number of aromatic amines is 1. The molecule has 0 aliphatic rings.